The third kappa shape index (κ3) is 5.63. The molecule has 0 saturated carbocycles. The maximum atomic E-state index is 10.1. The van der Waals surface area contributed by atoms with Gasteiger partial charge in [-0.1, -0.05) is 51.9 Å². The number of aryl methyl sites for hydroxylation is 1. The summed E-state index contributed by atoms with van der Waals surface area (Å²) >= 11 is 0. The van der Waals surface area contributed by atoms with Gasteiger partial charge in [0.1, 0.15) is 0 Å². The van der Waals surface area contributed by atoms with Gasteiger partial charge >= 0.3 is 0 Å². The van der Waals surface area contributed by atoms with Gasteiger partial charge in [0, 0.05) is 18.0 Å². The highest BCUT2D eigenvalue weighted by Crippen LogP contribution is 2.22. The highest BCUT2D eigenvalue weighted by Gasteiger charge is 2.09. The van der Waals surface area contributed by atoms with Crippen LogP contribution in [0.4, 0.5) is 0 Å². The van der Waals surface area contributed by atoms with Gasteiger partial charge in [0.2, 0.25) is 0 Å². The Bertz CT molecular complexity index is 325. The van der Waals surface area contributed by atoms with Crippen LogP contribution in [-0.4, -0.2) is 10.1 Å². The van der Waals surface area contributed by atoms with Gasteiger partial charge in [0.05, 0.1) is 6.10 Å². The van der Waals surface area contributed by atoms with Crippen molar-refractivity contribution in [2.24, 2.45) is 0 Å². The predicted octanol–water partition coefficient (Wildman–Crippen LogP) is 4.56. The zero-order chi connectivity index (χ0) is 13.2. The molecule has 0 aromatic carbocycles. The lowest BCUT2D eigenvalue weighted by Crippen LogP contribution is -2.00. The second-order valence-corrected chi connectivity index (χ2v) is 5.16. The Kier molecular flexibility index (Phi) is 7.66. The van der Waals surface area contributed by atoms with Gasteiger partial charge in [-0.25, -0.2) is 0 Å². The van der Waals surface area contributed by atoms with Gasteiger partial charge in [-0.15, -0.1) is 0 Å². The van der Waals surface area contributed by atoms with Gasteiger partial charge in [0.25, 0.3) is 0 Å². The first-order chi connectivity index (χ1) is 8.75. The largest absolute Gasteiger partial charge is 0.388 e. The molecule has 0 bridgehead atoms. The Morgan fingerprint density at radius 1 is 1.11 bits per heavy atom. The van der Waals surface area contributed by atoms with E-state index < -0.39 is 0 Å². The van der Waals surface area contributed by atoms with E-state index in [1.54, 1.807) is 12.4 Å². The minimum Gasteiger partial charge on any atom is -0.388 e. The fourth-order valence-corrected chi connectivity index (χ4v) is 2.28. The summed E-state index contributed by atoms with van der Waals surface area (Å²) in [5.41, 5.74) is 2.13. The molecule has 18 heavy (non-hydrogen) atoms. The summed E-state index contributed by atoms with van der Waals surface area (Å²) in [7, 11) is 0. The van der Waals surface area contributed by atoms with E-state index in [0.717, 1.165) is 24.0 Å². The molecule has 0 aliphatic rings. The molecule has 1 aromatic rings. The molecular formula is C16H27NO. The smallest absolute Gasteiger partial charge is 0.0807 e. The van der Waals surface area contributed by atoms with Crippen molar-refractivity contribution in [1.82, 2.24) is 4.98 Å². The van der Waals surface area contributed by atoms with Gasteiger partial charge in [-0.05, 0) is 25.0 Å². The number of nitrogens with zero attached hydrogens (tertiary/aromatic N) is 1. The quantitative estimate of drug-likeness (QED) is 0.651. The lowest BCUT2D eigenvalue weighted by atomic mass is 10.00. The lowest BCUT2D eigenvalue weighted by Gasteiger charge is -2.12. The average Bonchev–Trinajstić information content (AvgIpc) is 2.38. The molecule has 1 heterocycles. The van der Waals surface area contributed by atoms with Crippen LogP contribution in [0.15, 0.2) is 18.5 Å². The van der Waals surface area contributed by atoms with E-state index in [1.807, 2.05) is 13.0 Å². The van der Waals surface area contributed by atoms with E-state index in [4.69, 9.17) is 0 Å². The van der Waals surface area contributed by atoms with E-state index in [-0.39, 0.29) is 6.10 Å². The summed E-state index contributed by atoms with van der Waals surface area (Å²) in [5.74, 6) is 0. The van der Waals surface area contributed by atoms with Crippen LogP contribution in [0, 0.1) is 6.92 Å². The number of aliphatic hydroxyl groups excluding tert-OH is 1. The van der Waals surface area contributed by atoms with Crippen LogP contribution < -0.4 is 0 Å². The lowest BCUT2D eigenvalue weighted by molar-refractivity contribution is 0.162. The number of pyridine rings is 1. The van der Waals surface area contributed by atoms with Crippen LogP contribution >= 0.6 is 0 Å². The van der Waals surface area contributed by atoms with Crippen molar-refractivity contribution in [2.45, 2.75) is 71.3 Å². The Balaban J connectivity index is 2.14. The second kappa shape index (κ2) is 9.09. The molecule has 1 aromatic heterocycles. The van der Waals surface area contributed by atoms with Crippen LogP contribution in [0.2, 0.25) is 0 Å². The minimum absolute atomic E-state index is 0.339. The Morgan fingerprint density at radius 3 is 2.44 bits per heavy atom. The Labute approximate surface area is 111 Å². The van der Waals surface area contributed by atoms with Gasteiger partial charge < -0.3 is 5.11 Å². The van der Waals surface area contributed by atoms with Crippen LogP contribution in [0.5, 0.6) is 0 Å². The molecule has 0 saturated heterocycles. The zero-order valence-electron chi connectivity index (χ0n) is 11.9. The molecular weight excluding hydrogens is 222 g/mol. The van der Waals surface area contributed by atoms with E-state index in [2.05, 4.69) is 11.9 Å². The molecule has 0 radical (unpaired) electrons. The molecule has 102 valence electrons. The molecule has 1 rings (SSSR count). The maximum Gasteiger partial charge on any atom is 0.0807 e. The molecule has 2 heteroatoms. The van der Waals surface area contributed by atoms with E-state index in [1.165, 1.54) is 38.5 Å². The summed E-state index contributed by atoms with van der Waals surface area (Å²) in [6.45, 7) is 4.28. The molecule has 0 spiro atoms. The fourth-order valence-electron chi connectivity index (χ4n) is 2.28. The van der Waals surface area contributed by atoms with Gasteiger partial charge in [-0.3, -0.25) is 4.98 Å². The van der Waals surface area contributed by atoms with Crippen molar-refractivity contribution in [2.75, 3.05) is 0 Å². The van der Waals surface area contributed by atoms with E-state index in [9.17, 15) is 5.11 Å². The predicted molar refractivity (Wildman–Crippen MR) is 76.5 cm³/mol. The maximum absolute atomic E-state index is 10.1. The monoisotopic (exact) mass is 249 g/mol. The van der Waals surface area contributed by atoms with Crippen LogP contribution in [0.3, 0.4) is 0 Å². The number of rotatable bonds is 9. The zero-order valence-corrected chi connectivity index (χ0v) is 11.9. The highest BCUT2D eigenvalue weighted by atomic mass is 16.3. The number of aromatic nitrogens is 1. The minimum atomic E-state index is -0.339. The molecule has 2 nitrogen and oxygen atoms in total. The normalized spacial score (nSPS) is 12.6. The molecule has 0 aliphatic carbocycles. The third-order valence-corrected chi connectivity index (χ3v) is 3.52. The van der Waals surface area contributed by atoms with Crippen LogP contribution in [0.25, 0.3) is 0 Å². The fraction of sp³-hybridized carbons (Fsp3) is 0.688. The summed E-state index contributed by atoms with van der Waals surface area (Å²) < 4.78 is 0. The number of aliphatic hydroxyl groups is 1. The van der Waals surface area contributed by atoms with Crippen LogP contribution in [-0.2, 0) is 0 Å². The molecule has 0 fully saturated rings. The third-order valence-electron chi connectivity index (χ3n) is 3.52. The molecule has 1 unspecified atom stereocenters. The average molecular weight is 249 g/mol. The molecule has 0 aliphatic heterocycles. The first-order valence-corrected chi connectivity index (χ1v) is 7.34. The van der Waals surface area contributed by atoms with E-state index >= 15 is 0 Å². The van der Waals surface area contributed by atoms with Crippen molar-refractivity contribution in [3.8, 4) is 0 Å². The Hall–Kier alpha value is -0.890. The SMILES string of the molecule is CCCCCCCCCC(O)c1cnccc1C. The summed E-state index contributed by atoms with van der Waals surface area (Å²) in [4.78, 5) is 4.08. The van der Waals surface area contributed by atoms with Crippen molar-refractivity contribution < 1.29 is 5.11 Å². The standard InChI is InChI=1S/C16H27NO/c1-3-4-5-6-7-8-9-10-16(18)15-13-17-12-11-14(15)2/h11-13,16,18H,3-10H2,1-2H3. The first-order valence-electron chi connectivity index (χ1n) is 7.34. The summed E-state index contributed by atoms with van der Waals surface area (Å²) in [5, 5.41) is 10.1. The van der Waals surface area contributed by atoms with Crippen molar-refractivity contribution in [3.63, 3.8) is 0 Å². The van der Waals surface area contributed by atoms with Crippen molar-refractivity contribution in [3.05, 3.63) is 29.6 Å². The highest BCUT2D eigenvalue weighted by molar-refractivity contribution is 5.23. The van der Waals surface area contributed by atoms with Crippen molar-refractivity contribution in [1.29, 1.82) is 0 Å². The second-order valence-electron chi connectivity index (χ2n) is 5.16. The molecule has 1 N–H and O–H groups in total. The topological polar surface area (TPSA) is 33.1 Å². The summed E-state index contributed by atoms with van der Waals surface area (Å²) in [6, 6.07) is 1.96. The van der Waals surface area contributed by atoms with Gasteiger partial charge in [0.15, 0.2) is 0 Å². The molecule has 1 atom stereocenters. The number of unbranched alkanes of at least 4 members (excludes halogenated alkanes) is 6. The van der Waals surface area contributed by atoms with Gasteiger partial charge in [-0.2, -0.15) is 0 Å². The van der Waals surface area contributed by atoms with Crippen LogP contribution in [0.1, 0.15) is 75.5 Å². The molecule has 0 amide bonds. The number of hydrogen-bond donors (Lipinski definition) is 1. The van der Waals surface area contributed by atoms with Crippen molar-refractivity contribution >= 4 is 0 Å². The summed E-state index contributed by atoms with van der Waals surface area (Å²) in [6.07, 6.45) is 13.1. The van der Waals surface area contributed by atoms with E-state index in [0.29, 0.717) is 0 Å². The first kappa shape index (κ1) is 15.2. The number of hydrogen-bond acceptors (Lipinski definition) is 2. The Morgan fingerprint density at radius 2 is 1.78 bits per heavy atom.